The molecule has 1 rings (SSSR count). The van der Waals surface area contributed by atoms with E-state index in [9.17, 15) is 5.11 Å². The zero-order chi connectivity index (χ0) is 10.6. The number of rotatable bonds is 3. The van der Waals surface area contributed by atoms with Gasteiger partial charge >= 0.3 is 0 Å². The number of aliphatic hydroxyl groups is 1. The van der Waals surface area contributed by atoms with Gasteiger partial charge in [-0.2, -0.15) is 0 Å². The lowest BCUT2D eigenvalue weighted by molar-refractivity contribution is 0.199. The van der Waals surface area contributed by atoms with Crippen molar-refractivity contribution in [3.05, 3.63) is 35.4 Å². The smallest absolute Gasteiger partial charge is 0.0761 e. The molecule has 1 unspecified atom stereocenters. The molecule has 0 aliphatic rings. The van der Waals surface area contributed by atoms with E-state index in [0.29, 0.717) is 0 Å². The summed E-state index contributed by atoms with van der Waals surface area (Å²) in [6.07, 6.45) is -0.388. The molecule has 0 bridgehead atoms. The second-order valence-corrected chi connectivity index (χ2v) is 3.68. The molecule has 0 spiro atoms. The molecule has 0 fully saturated rings. The first-order valence-electron chi connectivity index (χ1n) is 4.84. The Bertz CT molecular complexity index is 308. The molecule has 0 aromatic heterocycles. The summed E-state index contributed by atoms with van der Waals surface area (Å²) in [5, 5.41) is 9.31. The largest absolute Gasteiger partial charge is 0.389 e. The number of aliphatic imine (C=N–C) groups is 1. The van der Waals surface area contributed by atoms with Gasteiger partial charge in [-0.15, -0.1) is 0 Å². The maximum Gasteiger partial charge on any atom is 0.0761 e. The molecule has 0 amide bonds. The molecule has 0 aliphatic carbocycles. The maximum absolute atomic E-state index is 9.31. The van der Waals surface area contributed by atoms with Crippen molar-refractivity contribution in [2.75, 3.05) is 0 Å². The van der Waals surface area contributed by atoms with E-state index < -0.39 is 0 Å². The highest BCUT2D eigenvalue weighted by Gasteiger charge is 1.99. The van der Waals surface area contributed by atoms with Crippen LogP contribution in [0.2, 0.25) is 0 Å². The predicted octanol–water partition coefficient (Wildman–Crippen LogP) is 2.72. The molecule has 1 aromatic rings. The lowest BCUT2D eigenvalue weighted by Crippen LogP contribution is -1.92. The summed E-state index contributed by atoms with van der Waals surface area (Å²) in [6, 6.07) is 7.91. The van der Waals surface area contributed by atoms with Crippen molar-refractivity contribution in [1.29, 1.82) is 0 Å². The van der Waals surface area contributed by atoms with E-state index in [-0.39, 0.29) is 6.10 Å². The van der Waals surface area contributed by atoms with Gasteiger partial charge in [0.15, 0.2) is 0 Å². The highest BCUT2D eigenvalue weighted by molar-refractivity contribution is 5.79. The maximum atomic E-state index is 9.31. The number of nitrogens with zero attached hydrogens (tertiary/aromatic N) is 1. The summed E-state index contributed by atoms with van der Waals surface area (Å²) >= 11 is 0. The van der Waals surface area contributed by atoms with Gasteiger partial charge in [-0.1, -0.05) is 24.3 Å². The van der Waals surface area contributed by atoms with E-state index in [2.05, 4.69) is 4.99 Å². The van der Waals surface area contributed by atoms with Gasteiger partial charge in [0.1, 0.15) is 0 Å². The fraction of sp³-hybridized carbons (Fsp3) is 0.417. The third-order valence-corrected chi connectivity index (χ3v) is 2.04. The van der Waals surface area contributed by atoms with Gasteiger partial charge < -0.3 is 5.11 Å². The van der Waals surface area contributed by atoms with Crippen LogP contribution in [0.15, 0.2) is 29.3 Å². The zero-order valence-electron chi connectivity index (χ0n) is 8.99. The SMILES string of the molecule is CC(C)=NCc1ccc(C(C)O)cc1. The second kappa shape index (κ2) is 4.91. The van der Waals surface area contributed by atoms with Crippen LogP contribution in [-0.4, -0.2) is 10.8 Å². The molecule has 76 valence electrons. The van der Waals surface area contributed by atoms with Crippen molar-refractivity contribution in [2.24, 2.45) is 4.99 Å². The molecular formula is C12H17NO. The summed E-state index contributed by atoms with van der Waals surface area (Å²) in [6.45, 7) is 6.47. The summed E-state index contributed by atoms with van der Waals surface area (Å²) < 4.78 is 0. The van der Waals surface area contributed by atoms with Gasteiger partial charge in [0, 0.05) is 5.71 Å². The van der Waals surface area contributed by atoms with E-state index in [1.165, 1.54) is 5.56 Å². The van der Waals surface area contributed by atoms with E-state index >= 15 is 0 Å². The number of benzene rings is 1. The molecule has 1 N–H and O–H groups in total. The Morgan fingerprint density at radius 1 is 1.29 bits per heavy atom. The minimum Gasteiger partial charge on any atom is -0.389 e. The Morgan fingerprint density at radius 2 is 1.86 bits per heavy atom. The molecule has 2 heteroatoms. The second-order valence-electron chi connectivity index (χ2n) is 3.68. The molecule has 0 heterocycles. The van der Waals surface area contributed by atoms with Gasteiger partial charge in [-0.3, -0.25) is 4.99 Å². The van der Waals surface area contributed by atoms with Crippen LogP contribution in [0, 0.1) is 0 Å². The number of hydrogen-bond donors (Lipinski definition) is 1. The van der Waals surface area contributed by atoms with Crippen LogP contribution in [0.25, 0.3) is 0 Å². The summed E-state index contributed by atoms with van der Waals surface area (Å²) in [4.78, 5) is 4.32. The minimum absolute atomic E-state index is 0.388. The standard InChI is InChI=1S/C12H17NO/c1-9(2)13-8-11-4-6-12(7-5-11)10(3)14/h4-7,10,14H,8H2,1-3H3. The van der Waals surface area contributed by atoms with Crippen LogP contribution in [0.4, 0.5) is 0 Å². The third-order valence-electron chi connectivity index (χ3n) is 2.04. The molecular weight excluding hydrogens is 174 g/mol. The fourth-order valence-electron chi connectivity index (χ4n) is 1.15. The van der Waals surface area contributed by atoms with Gasteiger partial charge in [0.2, 0.25) is 0 Å². The number of aliphatic hydroxyl groups excluding tert-OH is 1. The highest BCUT2D eigenvalue weighted by atomic mass is 16.3. The Morgan fingerprint density at radius 3 is 2.29 bits per heavy atom. The third kappa shape index (κ3) is 3.30. The summed E-state index contributed by atoms with van der Waals surface area (Å²) in [7, 11) is 0. The Kier molecular flexibility index (Phi) is 3.84. The Hall–Kier alpha value is -1.15. The van der Waals surface area contributed by atoms with E-state index in [1.54, 1.807) is 6.92 Å². The molecule has 1 atom stereocenters. The Labute approximate surface area is 85.3 Å². The molecule has 1 aromatic carbocycles. The van der Waals surface area contributed by atoms with Crippen LogP contribution in [0.3, 0.4) is 0 Å². The van der Waals surface area contributed by atoms with Crippen molar-refractivity contribution in [2.45, 2.75) is 33.4 Å². The molecule has 0 radical (unpaired) electrons. The minimum atomic E-state index is -0.388. The van der Waals surface area contributed by atoms with E-state index in [1.807, 2.05) is 38.1 Å². The van der Waals surface area contributed by atoms with Gasteiger partial charge in [0.25, 0.3) is 0 Å². The lowest BCUT2D eigenvalue weighted by atomic mass is 10.1. The van der Waals surface area contributed by atoms with Crippen LogP contribution < -0.4 is 0 Å². The Balaban J connectivity index is 2.69. The van der Waals surface area contributed by atoms with E-state index in [0.717, 1.165) is 17.8 Å². The predicted molar refractivity (Wildman–Crippen MR) is 59.6 cm³/mol. The summed E-state index contributed by atoms with van der Waals surface area (Å²) in [5.41, 5.74) is 3.21. The van der Waals surface area contributed by atoms with Crippen molar-refractivity contribution in [3.63, 3.8) is 0 Å². The zero-order valence-corrected chi connectivity index (χ0v) is 8.99. The fourth-order valence-corrected chi connectivity index (χ4v) is 1.15. The molecule has 2 nitrogen and oxygen atoms in total. The van der Waals surface area contributed by atoms with Crippen LogP contribution in [0.1, 0.15) is 38.0 Å². The van der Waals surface area contributed by atoms with Crippen LogP contribution in [-0.2, 0) is 6.54 Å². The number of hydrogen-bond acceptors (Lipinski definition) is 2. The lowest BCUT2D eigenvalue weighted by Gasteiger charge is -2.04. The topological polar surface area (TPSA) is 32.6 Å². The first kappa shape index (κ1) is 10.9. The average Bonchev–Trinajstić information content (AvgIpc) is 2.15. The first-order chi connectivity index (χ1) is 6.59. The van der Waals surface area contributed by atoms with Crippen molar-refractivity contribution >= 4 is 5.71 Å². The van der Waals surface area contributed by atoms with Gasteiger partial charge in [-0.25, -0.2) is 0 Å². The quantitative estimate of drug-likeness (QED) is 0.732. The van der Waals surface area contributed by atoms with Crippen molar-refractivity contribution in [3.8, 4) is 0 Å². The highest BCUT2D eigenvalue weighted by Crippen LogP contribution is 2.13. The monoisotopic (exact) mass is 191 g/mol. The van der Waals surface area contributed by atoms with Crippen molar-refractivity contribution in [1.82, 2.24) is 0 Å². The molecule has 0 aliphatic heterocycles. The van der Waals surface area contributed by atoms with Crippen LogP contribution in [0.5, 0.6) is 0 Å². The van der Waals surface area contributed by atoms with Gasteiger partial charge in [0.05, 0.1) is 12.6 Å². The summed E-state index contributed by atoms with van der Waals surface area (Å²) in [5.74, 6) is 0. The molecule has 14 heavy (non-hydrogen) atoms. The first-order valence-corrected chi connectivity index (χ1v) is 4.84. The van der Waals surface area contributed by atoms with Gasteiger partial charge in [-0.05, 0) is 31.9 Å². The normalized spacial score (nSPS) is 12.3. The molecule has 0 saturated carbocycles. The average molecular weight is 191 g/mol. The van der Waals surface area contributed by atoms with E-state index in [4.69, 9.17) is 0 Å². The van der Waals surface area contributed by atoms with Crippen LogP contribution >= 0.6 is 0 Å². The molecule has 0 saturated heterocycles. The van der Waals surface area contributed by atoms with Crippen molar-refractivity contribution < 1.29 is 5.11 Å².